The van der Waals surface area contributed by atoms with Crippen molar-refractivity contribution in [3.05, 3.63) is 30.2 Å². The quantitative estimate of drug-likeness (QED) is 0.863. The number of fused-ring (bicyclic) bond motifs is 1. The van der Waals surface area contributed by atoms with E-state index in [2.05, 4.69) is 22.2 Å². The molecule has 0 aliphatic carbocycles. The van der Waals surface area contributed by atoms with Crippen molar-refractivity contribution in [2.24, 2.45) is 0 Å². The molecule has 3 rings (SSSR count). The summed E-state index contributed by atoms with van der Waals surface area (Å²) < 4.78 is 5.50. The van der Waals surface area contributed by atoms with Gasteiger partial charge in [0.2, 0.25) is 0 Å². The Kier molecular flexibility index (Phi) is 4.28. The third-order valence-corrected chi connectivity index (χ3v) is 4.33. The Morgan fingerprint density at radius 3 is 2.96 bits per heavy atom. The molecule has 1 aliphatic rings. The normalized spacial score (nSPS) is 19.6. The third kappa shape index (κ3) is 3.66. The molecule has 124 valence electrons. The predicted octanol–water partition coefficient (Wildman–Crippen LogP) is 4.07. The first kappa shape index (κ1) is 15.8. The summed E-state index contributed by atoms with van der Waals surface area (Å²) in [5.74, 6) is 0.471. The molecule has 5 nitrogen and oxygen atoms in total. The van der Waals surface area contributed by atoms with Gasteiger partial charge in [0.05, 0.1) is 11.7 Å². The lowest BCUT2D eigenvalue weighted by atomic mass is 9.92. The molecule has 1 atom stereocenters. The molecule has 0 spiro atoms. The van der Waals surface area contributed by atoms with Crippen LogP contribution >= 0.6 is 0 Å². The minimum Gasteiger partial charge on any atom is -0.444 e. The number of hydrogen-bond donors (Lipinski definition) is 1. The number of aromatic amines is 1. The molecule has 5 heteroatoms. The predicted molar refractivity (Wildman–Crippen MR) is 90.5 cm³/mol. The summed E-state index contributed by atoms with van der Waals surface area (Å²) in [6.07, 6.45) is 8.66. The number of hydrogen-bond acceptors (Lipinski definition) is 3. The molecule has 1 amide bonds. The van der Waals surface area contributed by atoms with E-state index >= 15 is 0 Å². The van der Waals surface area contributed by atoms with Crippen LogP contribution in [0.3, 0.4) is 0 Å². The van der Waals surface area contributed by atoms with Crippen molar-refractivity contribution in [1.82, 2.24) is 14.9 Å². The number of carbonyl (C=O) groups excluding carboxylic acids is 1. The molecule has 0 radical (unpaired) electrons. The number of pyridine rings is 1. The van der Waals surface area contributed by atoms with Crippen LogP contribution in [-0.4, -0.2) is 39.7 Å². The van der Waals surface area contributed by atoms with Crippen LogP contribution in [-0.2, 0) is 4.74 Å². The SMILES string of the molecule is CC(C)(C)OC(=O)N1CCCC(c2c[nH]c3cnccc23)CC1. The van der Waals surface area contributed by atoms with E-state index in [0.717, 1.165) is 37.9 Å². The van der Waals surface area contributed by atoms with Crippen LogP contribution < -0.4 is 0 Å². The zero-order valence-electron chi connectivity index (χ0n) is 14.1. The van der Waals surface area contributed by atoms with Crippen LogP contribution in [0, 0.1) is 0 Å². The summed E-state index contributed by atoms with van der Waals surface area (Å²) in [6.45, 7) is 7.25. The van der Waals surface area contributed by atoms with E-state index in [-0.39, 0.29) is 6.09 Å². The Labute approximate surface area is 137 Å². The topological polar surface area (TPSA) is 58.2 Å². The minimum absolute atomic E-state index is 0.193. The van der Waals surface area contributed by atoms with Gasteiger partial charge >= 0.3 is 6.09 Å². The van der Waals surface area contributed by atoms with Crippen molar-refractivity contribution in [1.29, 1.82) is 0 Å². The Bertz CT molecular complexity index is 687. The molecular formula is C18H25N3O2. The first-order chi connectivity index (χ1) is 10.9. The Hall–Kier alpha value is -2.04. The first-order valence-electron chi connectivity index (χ1n) is 8.33. The highest BCUT2D eigenvalue weighted by Crippen LogP contribution is 2.33. The fourth-order valence-electron chi connectivity index (χ4n) is 3.25. The van der Waals surface area contributed by atoms with E-state index in [4.69, 9.17) is 4.74 Å². The van der Waals surface area contributed by atoms with Crippen LogP contribution in [0.15, 0.2) is 24.7 Å². The molecule has 0 saturated carbocycles. The second kappa shape index (κ2) is 6.22. The van der Waals surface area contributed by atoms with Crippen LogP contribution in [0.25, 0.3) is 10.9 Å². The first-order valence-corrected chi connectivity index (χ1v) is 8.33. The number of nitrogens with one attached hydrogen (secondary N) is 1. The van der Waals surface area contributed by atoms with Gasteiger partial charge in [-0.05, 0) is 57.6 Å². The summed E-state index contributed by atoms with van der Waals surface area (Å²) in [6, 6.07) is 2.07. The summed E-state index contributed by atoms with van der Waals surface area (Å²) in [5.41, 5.74) is 1.98. The van der Waals surface area contributed by atoms with E-state index in [0.29, 0.717) is 5.92 Å². The molecule has 2 aromatic heterocycles. The van der Waals surface area contributed by atoms with E-state index in [1.54, 1.807) is 0 Å². The molecule has 1 aliphatic heterocycles. The van der Waals surface area contributed by atoms with Crippen molar-refractivity contribution in [3.63, 3.8) is 0 Å². The van der Waals surface area contributed by atoms with Gasteiger partial charge in [0.15, 0.2) is 0 Å². The molecule has 3 heterocycles. The second-order valence-electron chi connectivity index (χ2n) is 7.26. The number of rotatable bonds is 1. The standard InChI is InChI=1S/C18H25N3O2/c1-18(2,3)23-17(22)21-9-4-5-13(7-10-21)15-11-20-16-12-19-8-6-14(15)16/h6,8,11-13,20H,4-5,7,9-10H2,1-3H3. The molecule has 2 aromatic rings. The van der Waals surface area contributed by atoms with Crippen LogP contribution in [0.5, 0.6) is 0 Å². The van der Waals surface area contributed by atoms with Gasteiger partial charge in [-0.1, -0.05) is 0 Å². The van der Waals surface area contributed by atoms with Crippen LogP contribution in [0.1, 0.15) is 51.5 Å². The summed E-state index contributed by atoms with van der Waals surface area (Å²) in [7, 11) is 0. The second-order valence-corrected chi connectivity index (χ2v) is 7.26. The Morgan fingerprint density at radius 1 is 1.35 bits per heavy atom. The lowest BCUT2D eigenvalue weighted by Gasteiger charge is -2.26. The molecule has 1 fully saturated rings. The fraction of sp³-hybridized carbons (Fsp3) is 0.556. The number of amides is 1. The third-order valence-electron chi connectivity index (χ3n) is 4.33. The van der Waals surface area contributed by atoms with Crippen molar-refractivity contribution in [2.75, 3.05) is 13.1 Å². The number of likely N-dealkylation sites (tertiary alicyclic amines) is 1. The molecular weight excluding hydrogens is 290 g/mol. The zero-order valence-corrected chi connectivity index (χ0v) is 14.1. The van der Waals surface area contributed by atoms with Gasteiger partial charge in [-0.25, -0.2) is 4.79 Å². The fourth-order valence-corrected chi connectivity index (χ4v) is 3.25. The van der Waals surface area contributed by atoms with Crippen LogP contribution in [0.2, 0.25) is 0 Å². The van der Waals surface area contributed by atoms with Gasteiger partial charge in [0, 0.05) is 30.9 Å². The lowest BCUT2D eigenvalue weighted by molar-refractivity contribution is 0.0256. The smallest absolute Gasteiger partial charge is 0.410 e. The number of nitrogens with zero attached hydrogens (tertiary/aromatic N) is 2. The summed E-state index contributed by atoms with van der Waals surface area (Å²) in [4.78, 5) is 21.6. The Balaban J connectivity index is 1.70. The number of carbonyl (C=O) groups is 1. The maximum Gasteiger partial charge on any atom is 0.410 e. The summed E-state index contributed by atoms with van der Waals surface area (Å²) in [5, 5.41) is 1.25. The highest BCUT2D eigenvalue weighted by atomic mass is 16.6. The Morgan fingerprint density at radius 2 is 2.17 bits per heavy atom. The minimum atomic E-state index is -0.438. The average molecular weight is 315 g/mol. The molecule has 0 bridgehead atoms. The summed E-state index contributed by atoms with van der Waals surface area (Å²) >= 11 is 0. The van der Waals surface area contributed by atoms with Gasteiger partial charge < -0.3 is 14.6 Å². The van der Waals surface area contributed by atoms with Gasteiger partial charge in [-0.15, -0.1) is 0 Å². The number of H-pyrrole nitrogens is 1. The average Bonchev–Trinajstić information content (AvgIpc) is 2.75. The molecule has 0 aromatic carbocycles. The molecule has 1 saturated heterocycles. The van der Waals surface area contributed by atoms with Gasteiger partial charge in [-0.3, -0.25) is 4.98 Å². The van der Waals surface area contributed by atoms with E-state index < -0.39 is 5.60 Å². The highest BCUT2D eigenvalue weighted by Gasteiger charge is 2.26. The van der Waals surface area contributed by atoms with E-state index in [1.165, 1.54) is 10.9 Å². The maximum absolute atomic E-state index is 12.3. The van der Waals surface area contributed by atoms with Crippen LogP contribution in [0.4, 0.5) is 4.79 Å². The zero-order chi connectivity index (χ0) is 16.4. The van der Waals surface area contributed by atoms with Crippen molar-refractivity contribution in [2.45, 2.75) is 51.6 Å². The number of ether oxygens (including phenoxy) is 1. The molecule has 1 N–H and O–H groups in total. The van der Waals surface area contributed by atoms with Crippen molar-refractivity contribution >= 4 is 17.0 Å². The van der Waals surface area contributed by atoms with E-state index in [1.807, 2.05) is 38.1 Å². The van der Waals surface area contributed by atoms with Gasteiger partial charge in [-0.2, -0.15) is 0 Å². The highest BCUT2D eigenvalue weighted by molar-refractivity contribution is 5.82. The van der Waals surface area contributed by atoms with Crippen molar-refractivity contribution in [3.8, 4) is 0 Å². The maximum atomic E-state index is 12.3. The lowest BCUT2D eigenvalue weighted by Crippen LogP contribution is -2.37. The van der Waals surface area contributed by atoms with Gasteiger partial charge in [0.1, 0.15) is 5.60 Å². The van der Waals surface area contributed by atoms with Gasteiger partial charge in [0.25, 0.3) is 0 Å². The largest absolute Gasteiger partial charge is 0.444 e. The number of aromatic nitrogens is 2. The molecule has 1 unspecified atom stereocenters. The van der Waals surface area contributed by atoms with E-state index in [9.17, 15) is 4.79 Å². The molecule has 23 heavy (non-hydrogen) atoms. The monoisotopic (exact) mass is 315 g/mol. The van der Waals surface area contributed by atoms with Crippen molar-refractivity contribution < 1.29 is 9.53 Å².